The molecule has 2 heterocycles. The molecule has 34 heavy (non-hydrogen) atoms. The third kappa shape index (κ3) is 4.09. The number of benzene rings is 3. The van der Waals surface area contributed by atoms with Gasteiger partial charge in [-0.25, -0.2) is 9.97 Å². The molecule has 0 bridgehead atoms. The number of aromatic nitrogens is 3. The first-order valence-corrected chi connectivity index (χ1v) is 11.0. The van der Waals surface area contributed by atoms with Gasteiger partial charge in [0.15, 0.2) is 5.65 Å². The van der Waals surface area contributed by atoms with Gasteiger partial charge in [-0.15, -0.1) is 0 Å². The molecule has 0 aliphatic carbocycles. The SMILES string of the molecule is Cc1cc(C)cc(NC(=O)c2c(N)n(N=Cc3cccc(Cl)c3)c3nc4ccccc4nc23)c1. The number of para-hydroxylation sites is 2. The fraction of sp³-hybridized carbons (Fsp3) is 0.0769. The maximum Gasteiger partial charge on any atom is 0.261 e. The number of anilines is 2. The summed E-state index contributed by atoms with van der Waals surface area (Å²) in [4.78, 5) is 22.8. The molecule has 0 atom stereocenters. The Hall–Kier alpha value is -4.23. The highest BCUT2D eigenvalue weighted by Gasteiger charge is 2.24. The highest BCUT2D eigenvalue weighted by molar-refractivity contribution is 6.30. The van der Waals surface area contributed by atoms with Crippen molar-refractivity contribution >= 4 is 57.4 Å². The van der Waals surface area contributed by atoms with Crippen molar-refractivity contribution in [3.05, 3.63) is 94.0 Å². The minimum absolute atomic E-state index is 0.144. The summed E-state index contributed by atoms with van der Waals surface area (Å²) in [5, 5.41) is 8.05. The van der Waals surface area contributed by atoms with Crippen LogP contribution in [-0.4, -0.2) is 26.8 Å². The zero-order valence-electron chi connectivity index (χ0n) is 18.6. The number of nitrogens with two attached hydrogens (primary N) is 1. The molecular weight excluding hydrogens is 448 g/mol. The zero-order chi connectivity index (χ0) is 23.8. The first kappa shape index (κ1) is 21.6. The average Bonchev–Trinajstić information content (AvgIpc) is 3.05. The lowest BCUT2D eigenvalue weighted by molar-refractivity contribution is 0.102. The Morgan fingerprint density at radius 1 is 1.00 bits per heavy atom. The van der Waals surface area contributed by atoms with Gasteiger partial charge in [-0.05, 0) is 66.9 Å². The Morgan fingerprint density at radius 3 is 2.41 bits per heavy atom. The fourth-order valence-electron chi connectivity index (χ4n) is 3.94. The van der Waals surface area contributed by atoms with Crippen LogP contribution in [0.3, 0.4) is 0 Å². The minimum Gasteiger partial charge on any atom is -0.383 e. The number of nitrogen functional groups attached to an aromatic ring is 1. The van der Waals surface area contributed by atoms with Crippen molar-refractivity contribution in [2.45, 2.75) is 13.8 Å². The Labute approximate surface area is 200 Å². The number of halogens is 1. The molecule has 8 heteroatoms. The van der Waals surface area contributed by atoms with E-state index in [0.29, 0.717) is 32.9 Å². The van der Waals surface area contributed by atoms with Gasteiger partial charge in [-0.2, -0.15) is 9.78 Å². The molecule has 5 aromatic rings. The second kappa shape index (κ2) is 8.61. The van der Waals surface area contributed by atoms with Crippen LogP contribution in [-0.2, 0) is 0 Å². The first-order valence-electron chi connectivity index (χ1n) is 10.7. The summed E-state index contributed by atoms with van der Waals surface area (Å²) in [6.45, 7) is 3.95. The second-order valence-corrected chi connectivity index (χ2v) is 8.52. The smallest absolute Gasteiger partial charge is 0.261 e. The molecule has 1 amide bonds. The van der Waals surface area contributed by atoms with Crippen LogP contribution >= 0.6 is 11.6 Å². The number of aryl methyl sites for hydroxylation is 2. The van der Waals surface area contributed by atoms with Crippen molar-refractivity contribution in [3.8, 4) is 0 Å². The van der Waals surface area contributed by atoms with Crippen molar-refractivity contribution in [1.29, 1.82) is 0 Å². The minimum atomic E-state index is -0.381. The van der Waals surface area contributed by atoms with E-state index in [0.717, 1.165) is 16.7 Å². The largest absolute Gasteiger partial charge is 0.383 e. The van der Waals surface area contributed by atoms with Crippen molar-refractivity contribution in [1.82, 2.24) is 14.6 Å². The van der Waals surface area contributed by atoms with Crippen LogP contribution in [0.15, 0.2) is 71.8 Å². The van der Waals surface area contributed by atoms with E-state index in [1.165, 1.54) is 4.68 Å². The molecule has 2 aromatic heterocycles. The Bertz CT molecular complexity index is 1580. The molecule has 0 fully saturated rings. The maximum atomic E-state index is 13.4. The molecule has 5 rings (SSSR count). The molecule has 3 N–H and O–H groups in total. The molecule has 7 nitrogen and oxygen atoms in total. The van der Waals surface area contributed by atoms with Crippen LogP contribution in [0.25, 0.3) is 22.2 Å². The standard InChI is InChI=1S/C26H21ClN6O/c1-15-10-16(2)12-19(11-15)30-26(34)22-23-25(32-21-9-4-3-8-20(21)31-23)33(24(22)28)29-14-17-6-5-7-18(27)13-17/h3-14H,28H2,1-2H3,(H,30,34). The van der Waals surface area contributed by atoms with E-state index in [9.17, 15) is 4.79 Å². The summed E-state index contributed by atoms with van der Waals surface area (Å²) in [5.41, 5.74) is 12.3. The molecule has 0 aliphatic rings. The van der Waals surface area contributed by atoms with Gasteiger partial charge in [-0.3, -0.25) is 4.79 Å². The van der Waals surface area contributed by atoms with Crippen LogP contribution in [0.5, 0.6) is 0 Å². The van der Waals surface area contributed by atoms with Gasteiger partial charge in [0, 0.05) is 10.7 Å². The third-order valence-electron chi connectivity index (χ3n) is 5.35. The number of hydrogen-bond donors (Lipinski definition) is 2. The zero-order valence-corrected chi connectivity index (χ0v) is 19.3. The highest BCUT2D eigenvalue weighted by atomic mass is 35.5. The van der Waals surface area contributed by atoms with Gasteiger partial charge in [-0.1, -0.05) is 41.9 Å². The van der Waals surface area contributed by atoms with E-state index in [1.54, 1.807) is 18.3 Å². The third-order valence-corrected chi connectivity index (χ3v) is 5.59. The maximum absolute atomic E-state index is 13.4. The first-order chi connectivity index (χ1) is 16.4. The van der Waals surface area contributed by atoms with Crippen LogP contribution in [0.1, 0.15) is 27.0 Å². The van der Waals surface area contributed by atoms with Crippen LogP contribution in [0, 0.1) is 13.8 Å². The lowest BCUT2D eigenvalue weighted by Gasteiger charge is -2.08. The van der Waals surface area contributed by atoms with Gasteiger partial charge >= 0.3 is 0 Å². The Balaban J connectivity index is 1.66. The molecule has 0 aliphatic heterocycles. The van der Waals surface area contributed by atoms with Gasteiger partial charge in [0.1, 0.15) is 16.9 Å². The summed E-state index contributed by atoms with van der Waals surface area (Å²) in [6, 6.07) is 20.5. The van der Waals surface area contributed by atoms with E-state index in [1.807, 2.05) is 68.4 Å². The molecule has 0 spiro atoms. The molecular formula is C26H21ClN6O. The van der Waals surface area contributed by atoms with E-state index in [2.05, 4.69) is 10.4 Å². The molecule has 0 saturated heterocycles. The molecule has 0 saturated carbocycles. The van der Waals surface area contributed by atoms with E-state index in [4.69, 9.17) is 27.3 Å². The second-order valence-electron chi connectivity index (χ2n) is 8.09. The average molecular weight is 469 g/mol. The van der Waals surface area contributed by atoms with E-state index in [-0.39, 0.29) is 17.3 Å². The molecule has 3 aromatic carbocycles. The van der Waals surface area contributed by atoms with Gasteiger partial charge in [0.25, 0.3) is 5.91 Å². The summed E-state index contributed by atoms with van der Waals surface area (Å²) in [5.74, 6) is -0.237. The Kier molecular flexibility index (Phi) is 5.47. The lowest BCUT2D eigenvalue weighted by Crippen LogP contribution is -2.14. The lowest BCUT2D eigenvalue weighted by atomic mass is 10.1. The number of carbonyl (C=O) groups excluding carboxylic acids is 1. The number of rotatable bonds is 4. The van der Waals surface area contributed by atoms with Gasteiger partial charge < -0.3 is 11.1 Å². The summed E-state index contributed by atoms with van der Waals surface area (Å²) >= 11 is 6.09. The van der Waals surface area contributed by atoms with E-state index < -0.39 is 0 Å². The molecule has 0 radical (unpaired) electrons. The van der Waals surface area contributed by atoms with Crippen molar-refractivity contribution in [2.75, 3.05) is 11.1 Å². The van der Waals surface area contributed by atoms with Crippen molar-refractivity contribution < 1.29 is 4.79 Å². The number of carbonyl (C=O) groups is 1. The fourth-order valence-corrected chi connectivity index (χ4v) is 4.14. The van der Waals surface area contributed by atoms with Crippen LogP contribution in [0.4, 0.5) is 11.5 Å². The number of hydrogen-bond acceptors (Lipinski definition) is 5. The van der Waals surface area contributed by atoms with Crippen molar-refractivity contribution in [3.63, 3.8) is 0 Å². The number of nitrogens with one attached hydrogen (secondary N) is 1. The highest BCUT2D eigenvalue weighted by Crippen LogP contribution is 2.29. The summed E-state index contributed by atoms with van der Waals surface area (Å²) in [6.07, 6.45) is 1.62. The summed E-state index contributed by atoms with van der Waals surface area (Å²) < 4.78 is 1.44. The number of fused-ring (bicyclic) bond motifs is 2. The normalized spacial score (nSPS) is 11.5. The topological polar surface area (TPSA) is 98.2 Å². The molecule has 0 unspecified atom stereocenters. The van der Waals surface area contributed by atoms with Crippen LogP contribution in [0.2, 0.25) is 5.02 Å². The van der Waals surface area contributed by atoms with Gasteiger partial charge in [0.2, 0.25) is 0 Å². The Morgan fingerprint density at radius 2 is 1.71 bits per heavy atom. The number of nitrogens with zero attached hydrogens (tertiary/aromatic N) is 4. The monoisotopic (exact) mass is 468 g/mol. The predicted molar refractivity (Wildman–Crippen MR) is 138 cm³/mol. The quantitative estimate of drug-likeness (QED) is 0.337. The van der Waals surface area contributed by atoms with Gasteiger partial charge in [0.05, 0.1) is 17.2 Å². The molecule has 168 valence electrons. The summed E-state index contributed by atoms with van der Waals surface area (Å²) in [7, 11) is 0. The van der Waals surface area contributed by atoms with E-state index >= 15 is 0 Å². The van der Waals surface area contributed by atoms with Crippen molar-refractivity contribution in [2.24, 2.45) is 5.10 Å². The van der Waals surface area contributed by atoms with Crippen LogP contribution < -0.4 is 11.1 Å². The predicted octanol–water partition coefficient (Wildman–Crippen LogP) is 5.57. The number of amides is 1.